The van der Waals surface area contributed by atoms with Crippen LogP contribution in [0.2, 0.25) is 0 Å². The van der Waals surface area contributed by atoms with Gasteiger partial charge in [0, 0.05) is 46.1 Å². The van der Waals surface area contributed by atoms with Crippen molar-refractivity contribution in [3.63, 3.8) is 0 Å². The molecule has 0 amide bonds. The molecule has 0 saturated heterocycles. The lowest BCUT2D eigenvalue weighted by Crippen LogP contribution is -2.42. The van der Waals surface area contributed by atoms with E-state index in [0.717, 1.165) is 49.0 Å². The van der Waals surface area contributed by atoms with E-state index in [9.17, 15) is 19.6 Å². The minimum Gasteiger partial charge on any atom is -0.508 e. The normalized spacial score (nSPS) is 22.4. The summed E-state index contributed by atoms with van der Waals surface area (Å²) in [6.45, 7) is 5.95. The number of hydrogen-bond acceptors (Lipinski definition) is 5. The van der Waals surface area contributed by atoms with Crippen molar-refractivity contribution in [2.24, 2.45) is 0 Å². The molecule has 6 nitrogen and oxygen atoms in total. The Morgan fingerprint density at radius 3 is 2.41 bits per heavy atom. The summed E-state index contributed by atoms with van der Waals surface area (Å²) < 4.78 is 17.7. The Kier molecular flexibility index (Phi) is 9.01. The van der Waals surface area contributed by atoms with Crippen LogP contribution >= 0.6 is 0 Å². The number of ether oxygens (including phenoxy) is 1. The average molecular weight is 491 g/mol. The predicted molar refractivity (Wildman–Crippen MR) is 136 cm³/mol. The number of aromatic hydroxyl groups is 2. The van der Waals surface area contributed by atoms with Gasteiger partial charge in [-0.3, -0.25) is 4.21 Å². The van der Waals surface area contributed by atoms with Crippen LogP contribution in [0, 0.1) is 0 Å². The van der Waals surface area contributed by atoms with E-state index in [0.29, 0.717) is 31.2 Å². The molecule has 34 heavy (non-hydrogen) atoms. The van der Waals surface area contributed by atoms with Gasteiger partial charge in [0.1, 0.15) is 30.3 Å². The number of phenols is 2. The average Bonchev–Trinajstić information content (AvgIpc) is 2.80. The van der Waals surface area contributed by atoms with Crippen molar-refractivity contribution in [3.05, 3.63) is 53.6 Å². The summed E-state index contributed by atoms with van der Waals surface area (Å²) in [5.41, 5.74) is 1.97. The molecule has 0 spiro atoms. The zero-order valence-electron chi connectivity index (χ0n) is 20.7. The number of hydrogen-bond donors (Lipinski definition) is 3. The minimum absolute atomic E-state index is 0.0223. The first-order valence-corrected chi connectivity index (χ1v) is 13.8. The molecule has 0 aromatic heterocycles. The number of rotatable bonds is 12. The van der Waals surface area contributed by atoms with Gasteiger partial charge in [-0.1, -0.05) is 38.5 Å². The second kappa shape index (κ2) is 11.6. The zero-order chi connectivity index (χ0) is 24.8. The van der Waals surface area contributed by atoms with Gasteiger partial charge in [-0.15, -0.1) is 0 Å². The Balaban J connectivity index is 1.62. The molecule has 4 unspecified atom stereocenters. The predicted octanol–water partition coefficient (Wildman–Crippen LogP) is 5.09. The van der Waals surface area contributed by atoms with E-state index < -0.39 is 10.8 Å². The van der Waals surface area contributed by atoms with E-state index in [4.69, 9.17) is 4.74 Å². The second-order valence-electron chi connectivity index (χ2n) is 9.95. The van der Waals surface area contributed by atoms with Crippen LogP contribution in [0.25, 0.3) is 0 Å². The molecule has 1 aliphatic rings. The third-order valence-electron chi connectivity index (χ3n) is 7.16. The highest BCUT2D eigenvalue weighted by Gasteiger charge is 2.42. The van der Waals surface area contributed by atoms with Gasteiger partial charge in [0.15, 0.2) is 0 Å². The summed E-state index contributed by atoms with van der Waals surface area (Å²) >= 11 is 0. The summed E-state index contributed by atoms with van der Waals surface area (Å²) in [4.78, 5) is 0. The number of unbranched alkanes of at least 4 members (excludes halogenated alkanes) is 2. The molecule has 4 atom stereocenters. The van der Waals surface area contributed by atoms with Crippen LogP contribution in [0.1, 0.15) is 63.0 Å². The standard InChI is InChI=1S/C27H39NO5S/c1-4-34(32)18-8-17-28(3,31)16-7-5-6-9-25-24-15-14-23(30)19-26(24)33-20-27(25,2)21-10-12-22(29)13-11-21/h10-15,19,25,31H,4-9,16-18,20H2,1-3H3,(H-,29,30)/p+1. The molecule has 3 rings (SSSR count). The summed E-state index contributed by atoms with van der Waals surface area (Å²) in [5, 5.41) is 30.3. The molecule has 0 saturated carbocycles. The van der Waals surface area contributed by atoms with Crippen molar-refractivity contribution in [1.29, 1.82) is 0 Å². The molecule has 3 N–H and O–H groups in total. The molecule has 2 aromatic rings. The Morgan fingerprint density at radius 2 is 1.71 bits per heavy atom. The van der Waals surface area contributed by atoms with Crippen molar-refractivity contribution in [1.82, 2.24) is 0 Å². The number of hydroxylamine groups is 3. The maximum absolute atomic E-state index is 11.6. The van der Waals surface area contributed by atoms with E-state index in [2.05, 4.69) is 6.92 Å². The lowest BCUT2D eigenvalue weighted by Gasteiger charge is -2.43. The van der Waals surface area contributed by atoms with E-state index in [1.165, 1.54) is 0 Å². The van der Waals surface area contributed by atoms with Crippen LogP contribution < -0.4 is 4.74 Å². The Morgan fingerprint density at radius 1 is 1.03 bits per heavy atom. The largest absolute Gasteiger partial charge is 0.508 e. The lowest BCUT2D eigenvalue weighted by molar-refractivity contribution is -1.09. The number of nitrogens with zero attached hydrogens (tertiary/aromatic N) is 1. The molecule has 0 bridgehead atoms. The molecule has 0 fully saturated rings. The first-order valence-electron chi connectivity index (χ1n) is 12.3. The van der Waals surface area contributed by atoms with E-state index in [1.807, 2.05) is 32.2 Å². The van der Waals surface area contributed by atoms with Crippen molar-refractivity contribution >= 4 is 10.8 Å². The van der Waals surface area contributed by atoms with Crippen molar-refractivity contribution in [2.75, 3.05) is 38.2 Å². The Hall–Kier alpha value is -2.09. The van der Waals surface area contributed by atoms with Gasteiger partial charge in [0.2, 0.25) is 0 Å². The summed E-state index contributed by atoms with van der Waals surface area (Å²) in [7, 11) is 1.05. The Labute approximate surface area is 206 Å². The first-order chi connectivity index (χ1) is 16.1. The van der Waals surface area contributed by atoms with Crippen LogP contribution in [0.3, 0.4) is 0 Å². The molecule has 2 aromatic carbocycles. The number of quaternary nitrogens is 1. The highest BCUT2D eigenvalue weighted by Crippen LogP contribution is 2.49. The second-order valence-corrected chi connectivity index (χ2v) is 11.8. The maximum atomic E-state index is 11.6. The molecular formula is C27H40NO5S+. The van der Waals surface area contributed by atoms with E-state index >= 15 is 0 Å². The molecule has 188 valence electrons. The lowest BCUT2D eigenvalue weighted by atomic mass is 9.66. The van der Waals surface area contributed by atoms with Crippen LogP contribution in [0.5, 0.6) is 17.2 Å². The SMILES string of the molecule is CCS(=O)CCC[N+](C)(O)CCCCCC1c2ccc(O)cc2OCC1(C)c1ccc(O)cc1. The fourth-order valence-corrected chi connectivity index (χ4v) is 5.75. The zero-order valence-corrected chi connectivity index (χ0v) is 21.5. The van der Waals surface area contributed by atoms with Crippen molar-refractivity contribution in [3.8, 4) is 17.2 Å². The summed E-state index contributed by atoms with van der Waals surface area (Å²) in [6.07, 6.45) is 4.67. The van der Waals surface area contributed by atoms with Crippen LogP contribution in [-0.4, -0.2) is 62.5 Å². The quantitative estimate of drug-likeness (QED) is 0.219. The smallest absolute Gasteiger partial charge is 0.126 e. The maximum Gasteiger partial charge on any atom is 0.126 e. The van der Waals surface area contributed by atoms with Crippen LogP contribution in [0.15, 0.2) is 42.5 Å². The van der Waals surface area contributed by atoms with Gasteiger partial charge in [-0.2, -0.15) is 4.65 Å². The monoisotopic (exact) mass is 490 g/mol. The summed E-state index contributed by atoms with van der Waals surface area (Å²) in [5.74, 6) is 2.73. The Bertz CT molecular complexity index is 962. The number of phenolic OH excluding ortho intramolecular Hbond substituents is 2. The minimum atomic E-state index is -0.779. The van der Waals surface area contributed by atoms with Crippen LogP contribution in [-0.2, 0) is 16.2 Å². The molecule has 0 radical (unpaired) electrons. The third-order valence-corrected chi connectivity index (χ3v) is 8.55. The first kappa shape index (κ1) is 26.5. The highest BCUT2D eigenvalue weighted by molar-refractivity contribution is 7.84. The van der Waals surface area contributed by atoms with E-state index in [1.54, 1.807) is 24.3 Å². The van der Waals surface area contributed by atoms with Crippen LogP contribution in [0.4, 0.5) is 0 Å². The number of fused-ring (bicyclic) bond motifs is 1. The van der Waals surface area contributed by atoms with Crippen molar-refractivity contribution in [2.45, 2.75) is 57.3 Å². The molecule has 1 aliphatic heterocycles. The fourth-order valence-electron chi connectivity index (χ4n) is 5.01. The third kappa shape index (κ3) is 6.74. The van der Waals surface area contributed by atoms with Gasteiger partial charge in [0.25, 0.3) is 0 Å². The molecule has 1 heterocycles. The molecular weight excluding hydrogens is 450 g/mol. The van der Waals surface area contributed by atoms with Gasteiger partial charge in [0.05, 0.1) is 13.7 Å². The highest BCUT2D eigenvalue weighted by atomic mass is 32.2. The van der Waals surface area contributed by atoms with Gasteiger partial charge in [-0.05, 0) is 48.6 Å². The molecule has 0 aliphatic carbocycles. The van der Waals surface area contributed by atoms with Gasteiger partial charge >= 0.3 is 0 Å². The topological polar surface area (TPSA) is 87.0 Å². The van der Waals surface area contributed by atoms with E-state index in [-0.39, 0.29) is 27.5 Å². The molecule has 7 heteroatoms. The number of benzene rings is 2. The fraction of sp³-hybridized carbons (Fsp3) is 0.556. The van der Waals surface area contributed by atoms with Gasteiger partial charge < -0.3 is 14.9 Å². The summed E-state index contributed by atoms with van der Waals surface area (Å²) in [6, 6.07) is 12.8. The van der Waals surface area contributed by atoms with Crippen molar-refractivity contribution < 1.29 is 29.0 Å². The van der Waals surface area contributed by atoms with Gasteiger partial charge in [-0.25, -0.2) is 5.21 Å².